The summed E-state index contributed by atoms with van der Waals surface area (Å²) in [6, 6.07) is 12.0. The Hall–Kier alpha value is -3.94. The van der Waals surface area contributed by atoms with Crippen molar-refractivity contribution in [3.8, 4) is 11.1 Å². The Morgan fingerprint density at radius 2 is 1.71 bits per heavy atom. The van der Waals surface area contributed by atoms with E-state index >= 15 is 0 Å². The Balaban J connectivity index is 1.25. The van der Waals surface area contributed by atoms with Crippen LogP contribution in [-0.2, 0) is 0 Å². The monoisotopic (exact) mass is 453 g/mol. The first-order chi connectivity index (χ1) is 16.7. The zero-order chi connectivity index (χ0) is 22.9. The number of nitrogens with zero attached hydrogens (tertiary/aromatic N) is 5. The van der Waals surface area contributed by atoms with Gasteiger partial charge in [-0.1, -0.05) is 6.07 Å². The van der Waals surface area contributed by atoms with Crippen molar-refractivity contribution in [2.45, 2.75) is 25.7 Å². The van der Waals surface area contributed by atoms with E-state index in [0.29, 0.717) is 11.4 Å². The summed E-state index contributed by atoms with van der Waals surface area (Å²) in [5, 5.41) is 11.0. The van der Waals surface area contributed by atoms with Gasteiger partial charge in [-0.25, -0.2) is 4.98 Å². The van der Waals surface area contributed by atoms with Gasteiger partial charge in [0.15, 0.2) is 5.69 Å². The number of amides is 1. The van der Waals surface area contributed by atoms with E-state index in [0.717, 1.165) is 59.7 Å². The number of pyridine rings is 2. The summed E-state index contributed by atoms with van der Waals surface area (Å²) in [4.78, 5) is 26.6. The molecule has 0 radical (unpaired) electrons. The first-order valence-electron chi connectivity index (χ1n) is 12.0. The van der Waals surface area contributed by atoms with Crippen molar-refractivity contribution in [2.24, 2.45) is 0 Å². The van der Waals surface area contributed by atoms with Crippen molar-refractivity contribution in [3.63, 3.8) is 0 Å². The molecule has 3 aromatic heterocycles. The van der Waals surface area contributed by atoms with Crippen molar-refractivity contribution in [3.05, 3.63) is 60.7 Å². The number of carbonyl (C=O) groups excluding carboxylic acids is 1. The molecule has 0 aliphatic carbocycles. The van der Waals surface area contributed by atoms with Gasteiger partial charge in [0, 0.05) is 43.3 Å². The molecule has 4 aromatic rings. The van der Waals surface area contributed by atoms with Crippen LogP contribution < -0.4 is 15.1 Å². The predicted molar refractivity (Wildman–Crippen MR) is 134 cm³/mol. The molecule has 6 rings (SSSR count). The SMILES string of the molecule is O=C(Nc1ccc(N2CCC2)nc1)c1n[nH]c2ccc(-c3cncc(N4CCCCC4)c3)cc12. The molecule has 2 aliphatic heterocycles. The van der Waals surface area contributed by atoms with Gasteiger partial charge in [0.1, 0.15) is 5.82 Å². The number of anilines is 3. The average Bonchev–Trinajstić information content (AvgIpc) is 3.28. The van der Waals surface area contributed by atoms with E-state index in [2.05, 4.69) is 41.3 Å². The Labute approximate surface area is 198 Å². The number of carbonyl (C=O) groups is 1. The van der Waals surface area contributed by atoms with Crippen molar-refractivity contribution in [2.75, 3.05) is 41.3 Å². The second-order valence-electron chi connectivity index (χ2n) is 9.01. The van der Waals surface area contributed by atoms with E-state index in [4.69, 9.17) is 0 Å². The molecule has 0 spiro atoms. The zero-order valence-electron chi connectivity index (χ0n) is 19.0. The maximum atomic E-state index is 13.0. The summed E-state index contributed by atoms with van der Waals surface area (Å²) in [7, 11) is 0. The highest BCUT2D eigenvalue weighted by molar-refractivity contribution is 6.11. The number of hydrogen-bond donors (Lipinski definition) is 2. The molecule has 8 nitrogen and oxygen atoms in total. The van der Waals surface area contributed by atoms with Crippen molar-refractivity contribution in [1.29, 1.82) is 0 Å². The summed E-state index contributed by atoms with van der Waals surface area (Å²) in [6.07, 6.45) is 10.5. The molecular weight excluding hydrogens is 426 g/mol. The Bertz CT molecular complexity index is 1320. The fourth-order valence-corrected chi connectivity index (χ4v) is 4.66. The van der Waals surface area contributed by atoms with Crippen LogP contribution in [0.5, 0.6) is 0 Å². The average molecular weight is 454 g/mol. The summed E-state index contributed by atoms with van der Waals surface area (Å²) < 4.78 is 0. The minimum absolute atomic E-state index is 0.262. The molecule has 0 atom stereocenters. The molecule has 34 heavy (non-hydrogen) atoms. The first kappa shape index (κ1) is 20.7. The third kappa shape index (κ3) is 3.96. The van der Waals surface area contributed by atoms with E-state index in [1.54, 1.807) is 6.20 Å². The maximum absolute atomic E-state index is 13.0. The molecule has 2 N–H and O–H groups in total. The van der Waals surface area contributed by atoms with Gasteiger partial charge in [-0.2, -0.15) is 5.10 Å². The number of hydrogen-bond acceptors (Lipinski definition) is 6. The van der Waals surface area contributed by atoms with E-state index in [1.807, 2.05) is 42.7 Å². The minimum Gasteiger partial charge on any atom is -0.370 e. The number of H-pyrrole nitrogens is 1. The predicted octanol–water partition coefficient (Wildman–Crippen LogP) is 4.47. The molecule has 0 saturated carbocycles. The Morgan fingerprint density at radius 1 is 0.853 bits per heavy atom. The molecule has 5 heterocycles. The maximum Gasteiger partial charge on any atom is 0.276 e. The highest BCUT2D eigenvalue weighted by Crippen LogP contribution is 2.29. The molecule has 1 aromatic carbocycles. The molecule has 8 heteroatoms. The summed E-state index contributed by atoms with van der Waals surface area (Å²) >= 11 is 0. The summed E-state index contributed by atoms with van der Waals surface area (Å²) in [5.41, 5.74) is 5.03. The quantitative estimate of drug-likeness (QED) is 0.463. The number of rotatable bonds is 5. The number of nitrogens with one attached hydrogen (secondary N) is 2. The van der Waals surface area contributed by atoms with E-state index in [-0.39, 0.29) is 5.91 Å². The second kappa shape index (κ2) is 8.78. The van der Waals surface area contributed by atoms with Crippen LogP contribution in [0.15, 0.2) is 55.0 Å². The number of piperidine rings is 1. The van der Waals surface area contributed by atoms with Gasteiger partial charge in [0.2, 0.25) is 0 Å². The van der Waals surface area contributed by atoms with Crippen LogP contribution in [0.3, 0.4) is 0 Å². The van der Waals surface area contributed by atoms with Crippen LogP contribution in [0.1, 0.15) is 36.2 Å². The minimum atomic E-state index is -0.262. The van der Waals surface area contributed by atoms with E-state index in [1.165, 1.54) is 25.7 Å². The van der Waals surface area contributed by atoms with Crippen LogP contribution in [0, 0.1) is 0 Å². The molecule has 1 amide bonds. The van der Waals surface area contributed by atoms with E-state index < -0.39 is 0 Å². The first-order valence-corrected chi connectivity index (χ1v) is 12.0. The van der Waals surface area contributed by atoms with Crippen LogP contribution in [-0.4, -0.2) is 52.3 Å². The molecule has 2 fully saturated rings. The van der Waals surface area contributed by atoms with Gasteiger partial charge >= 0.3 is 0 Å². The van der Waals surface area contributed by atoms with Gasteiger partial charge in [-0.05, 0) is 61.6 Å². The third-order valence-corrected chi connectivity index (χ3v) is 6.74. The normalized spacial score (nSPS) is 15.9. The van der Waals surface area contributed by atoms with Gasteiger partial charge in [-0.3, -0.25) is 14.9 Å². The van der Waals surface area contributed by atoms with Gasteiger partial charge in [-0.15, -0.1) is 0 Å². The lowest BCUT2D eigenvalue weighted by atomic mass is 10.0. The number of fused-ring (bicyclic) bond motifs is 1. The van der Waals surface area contributed by atoms with Crippen LogP contribution in [0.25, 0.3) is 22.0 Å². The van der Waals surface area contributed by atoms with Gasteiger partial charge < -0.3 is 15.1 Å². The van der Waals surface area contributed by atoms with Crippen molar-refractivity contribution < 1.29 is 4.79 Å². The van der Waals surface area contributed by atoms with Crippen LogP contribution in [0.2, 0.25) is 0 Å². The topological polar surface area (TPSA) is 90.0 Å². The van der Waals surface area contributed by atoms with Crippen molar-refractivity contribution in [1.82, 2.24) is 20.2 Å². The summed E-state index contributed by atoms with van der Waals surface area (Å²) in [6.45, 7) is 4.22. The molecule has 172 valence electrons. The molecule has 2 saturated heterocycles. The second-order valence-corrected chi connectivity index (χ2v) is 9.01. The molecular formula is C26H27N7O. The highest BCUT2D eigenvalue weighted by atomic mass is 16.1. The fraction of sp³-hybridized carbons (Fsp3) is 0.308. The number of benzene rings is 1. The smallest absolute Gasteiger partial charge is 0.276 e. The van der Waals surface area contributed by atoms with Crippen LogP contribution in [0.4, 0.5) is 17.2 Å². The number of aromatic amines is 1. The standard InChI is InChI=1S/C26H27N7O/c34-26(29-20-6-8-24(28-16-20)33-11-4-12-33)25-22-14-18(5-7-23(22)30-31-25)19-13-21(17-27-15-19)32-9-2-1-3-10-32/h5-8,13-17H,1-4,9-12H2,(H,29,34)(H,30,31). The van der Waals surface area contributed by atoms with Gasteiger partial charge in [0.25, 0.3) is 5.91 Å². The lowest BCUT2D eigenvalue weighted by Gasteiger charge is -2.31. The Morgan fingerprint density at radius 3 is 2.47 bits per heavy atom. The number of aromatic nitrogens is 4. The van der Waals surface area contributed by atoms with Crippen LogP contribution >= 0.6 is 0 Å². The highest BCUT2D eigenvalue weighted by Gasteiger charge is 2.18. The summed E-state index contributed by atoms with van der Waals surface area (Å²) in [5.74, 6) is 0.682. The third-order valence-electron chi connectivity index (χ3n) is 6.74. The Kier molecular flexibility index (Phi) is 5.33. The fourth-order valence-electron chi connectivity index (χ4n) is 4.66. The largest absolute Gasteiger partial charge is 0.370 e. The molecule has 0 unspecified atom stereocenters. The zero-order valence-corrected chi connectivity index (χ0v) is 19.0. The van der Waals surface area contributed by atoms with Crippen molar-refractivity contribution >= 4 is 34.0 Å². The van der Waals surface area contributed by atoms with E-state index in [9.17, 15) is 4.79 Å². The molecule has 2 aliphatic rings. The molecule has 0 bridgehead atoms. The lowest BCUT2D eigenvalue weighted by Crippen LogP contribution is -2.37. The van der Waals surface area contributed by atoms with Gasteiger partial charge in [0.05, 0.1) is 29.3 Å². The lowest BCUT2D eigenvalue weighted by molar-refractivity contribution is 0.102.